The number of anilines is 1. The van der Waals surface area contributed by atoms with Crippen LogP contribution in [-0.2, 0) is 4.74 Å². The number of hydrogen-bond donors (Lipinski definition) is 1. The zero-order valence-corrected chi connectivity index (χ0v) is 11.0. The molecule has 1 aromatic heterocycles. The van der Waals surface area contributed by atoms with Gasteiger partial charge in [0, 0.05) is 19.2 Å². The van der Waals surface area contributed by atoms with Gasteiger partial charge in [0.05, 0.1) is 15.8 Å². The van der Waals surface area contributed by atoms with Gasteiger partial charge >= 0.3 is 0 Å². The summed E-state index contributed by atoms with van der Waals surface area (Å²) < 4.78 is 19.8. The zero-order valence-electron chi connectivity index (χ0n) is 10.2. The van der Waals surface area contributed by atoms with Crippen LogP contribution in [0.25, 0.3) is 10.2 Å². The Balaban J connectivity index is 1.74. The molecule has 1 aliphatic rings. The number of nitrogens with zero attached hydrogens (tertiary/aromatic N) is 1. The molecule has 0 bridgehead atoms. The topological polar surface area (TPSA) is 34.2 Å². The molecule has 0 aliphatic carbocycles. The Hall–Kier alpha value is -1.20. The van der Waals surface area contributed by atoms with Crippen molar-refractivity contribution in [2.75, 3.05) is 18.5 Å². The second-order valence-corrected chi connectivity index (χ2v) is 5.92. The highest BCUT2D eigenvalue weighted by Gasteiger charge is 2.29. The maximum absolute atomic E-state index is 13.1. The number of nitrogens with one attached hydrogen (secondary N) is 1. The van der Waals surface area contributed by atoms with Crippen LogP contribution in [0, 0.1) is 5.82 Å². The lowest BCUT2D eigenvalue weighted by Gasteiger charge is -2.22. The smallest absolute Gasteiger partial charge is 0.183 e. The van der Waals surface area contributed by atoms with E-state index in [9.17, 15) is 4.39 Å². The summed E-state index contributed by atoms with van der Waals surface area (Å²) in [7, 11) is 0. The van der Waals surface area contributed by atoms with Crippen LogP contribution in [0.15, 0.2) is 18.2 Å². The average Bonchev–Trinajstić information content (AvgIpc) is 2.93. The van der Waals surface area contributed by atoms with E-state index in [1.165, 1.54) is 12.1 Å². The van der Waals surface area contributed by atoms with Crippen molar-refractivity contribution in [2.45, 2.75) is 25.4 Å². The molecule has 1 atom stereocenters. The van der Waals surface area contributed by atoms with Gasteiger partial charge in [0.1, 0.15) is 5.82 Å². The fourth-order valence-electron chi connectivity index (χ4n) is 2.22. The summed E-state index contributed by atoms with van der Waals surface area (Å²) in [6.45, 7) is 3.69. The molecular weight excluding hydrogens is 251 g/mol. The largest absolute Gasteiger partial charge is 0.373 e. The van der Waals surface area contributed by atoms with E-state index >= 15 is 0 Å². The van der Waals surface area contributed by atoms with Gasteiger partial charge in [0.15, 0.2) is 5.13 Å². The lowest BCUT2D eigenvalue weighted by Crippen LogP contribution is -2.32. The molecule has 3 rings (SSSR count). The molecule has 1 unspecified atom stereocenters. The molecule has 0 radical (unpaired) electrons. The summed E-state index contributed by atoms with van der Waals surface area (Å²) in [5.74, 6) is -0.245. The Morgan fingerprint density at radius 2 is 2.44 bits per heavy atom. The predicted octanol–water partition coefficient (Wildman–Crippen LogP) is 3.42. The van der Waals surface area contributed by atoms with Gasteiger partial charge in [-0.25, -0.2) is 9.37 Å². The zero-order chi connectivity index (χ0) is 12.6. The molecule has 1 fully saturated rings. The molecule has 0 amide bonds. The van der Waals surface area contributed by atoms with Gasteiger partial charge in [-0.15, -0.1) is 0 Å². The minimum absolute atomic E-state index is 0.0941. The fourth-order valence-corrected chi connectivity index (χ4v) is 3.06. The standard InChI is InChI=1S/C13H15FN2OS/c1-13(5-2-6-17-13)8-15-12-16-10-7-9(14)3-4-11(10)18-12/h3-4,7H,2,5-6,8H2,1H3,(H,15,16). The summed E-state index contributed by atoms with van der Waals surface area (Å²) >= 11 is 1.54. The second-order valence-electron chi connectivity index (χ2n) is 4.89. The van der Waals surface area contributed by atoms with Gasteiger partial charge in [-0.2, -0.15) is 0 Å². The van der Waals surface area contributed by atoms with Crippen LogP contribution < -0.4 is 5.32 Å². The van der Waals surface area contributed by atoms with E-state index in [0.29, 0.717) is 5.52 Å². The highest BCUT2D eigenvalue weighted by molar-refractivity contribution is 7.22. The normalized spacial score (nSPS) is 23.7. The number of hydrogen-bond acceptors (Lipinski definition) is 4. The van der Waals surface area contributed by atoms with Gasteiger partial charge in [-0.1, -0.05) is 11.3 Å². The van der Waals surface area contributed by atoms with Crippen molar-refractivity contribution in [1.29, 1.82) is 0 Å². The second kappa shape index (κ2) is 4.48. The van der Waals surface area contributed by atoms with Crippen molar-refractivity contribution in [3.63, 3.8) is 0 Å². The van der Waals surface area contributed by atoms with Crippen molar-refractivity contribution in [1.82, 2.24) is 4.98 Å². The number of ether oxygens (including phenoxy) is 1. The van der Waals surface area contributed by atoms with Gasteiger partial charge in [0.25, 0.3) is 0 Å². The van der Waals surface area contributed by atoms with E-state index in [1.54, 1.807) is 17.4 Å². The molecule has 2 heterocycles. The summed E-state index contributed by atoms with van der Waals surface area (Å²) in [6.07, 6.45) is 2.18. The fraction of sp³-hybridized carbons (Fsp3) is 0.462. The third-order valence-corrected chi connectivity index (χ3v) is 4.26. The molecule has 1 N–H and O–H groups in total. The van der Waals surface area contributed by atoms with E-state index in [4.69, 9.17) is 4.74 Å². The molecule has 1 saturated heterocycles. The first-order valence-electron chi connectivity index (χ1n) is 6.09. The monoisotopic (exact) mass is 266 g/mol. The van der Waals surface area contributed by atoms with Crippen LogP contribution in [0.3, 0.4) is 0 Å². The Bertz CT molecular complexity index is 563. The molecule has 1 aliphatic heterocycles. The van der Waals surface area contributed by atoms with E-state index in [1.807, 2.05) is 0 Å². The van der Waals surface area contributed by atoms with Crippen molar-refractivity contribution in [3.05, 3.63) is 24.0 Å². The number of benzene rings is 1. The van der Waals surface area contributed by atoms with Crippen LogP contribution in [0.4, 0.5) is 9.52 Å². The molecule has 2 aromatic rings. The van der Waals surface area contributed by atoms with Gasteiger partial charge < -0.3 is 10.1 Å². The maximum Gasteiger partial charge on any atom is 0.183 e. The van der Waals surface area contributed by atoms with E-state index in [-0.39, 0.29) is 11.4 Å². The molecule has 1 aromatic carbocycles. The lowest BCUT2D eigenvalue weighted by atomic mass is 10.0. The van der Waals surface area contributed by atoms with Crippen molar-refractivity contribution < 1.29 is 9.13 Å². The Labute approximate surface area is 109 Å². The molecule has 3 nitrogen and oxygen atoms in total. The minimum atomic E-state index is -0.245. The minimum Gasteiger partial charge on any atom is -0.373 e. The lowest BCUT2D eigenvalue weighted by molar-refractivity contribution is 0.0315. The third kappa shape index (κ3) is 2.33. The SMILES string of the molecule is CC1(CNc2nc3cc(F)ccc3s2)CCCO1. The Morgan fingerprint density at radius 3 is 3.22 bits per heavy atom. The van der Waals surface area contributed by atoms with E-state index in [2.05, 4.69) is 17.2 Å². The summed E-state index contributed by atoms with van der Waals surface area (Å²) in [5.41, 5.74) is 0.614. The van der Waals surface area contributed by atoms with Crippen LogP contribution in [-0.4, -0.2) is 23.7 Å². The maximum atomic E-state index is 13.1. The summed E-state index contributed by atoms with van der Waals surface area (Å²) in [5, 5.41) is 4.12. The van der Waals surface area contributed by atoms with Crippen LogP contribution >= 0.6 is 11.3 Å². The van der Waals surface area contributed by atoms with E-state index in [0.717, 1.165) is 35.8 Å². The van der Waals surface area contributed by atoms with Gasteiger partial charge in [0.2, 0.25) is 0 Å². The first-order valence-corrected chi connectivity index (χ1v) is 6.90. The molecule has 5 heteroatoms. The molecule has 96 valence electrons. The summed E-state index contributed by atoms with van der Waals surface area (Å²) in [6, 6.07) is 4.69. The van der Waals surface area contributed by atoms with Crippen molar-refractivity contribution >= 4 is 26.7 Å². The van der Waals surface area contributed by atoms with Crippen LogP contribution in [0.2, 0.25) is 0 Å². The first kappa shape index (κ1) is 11.9. The van der Waals surface area contributed by atoms with Crippen molar-refractivity contribution in [3.8, 4) is 0 Å². The van der Waals surface area contributed by atoms with Crippen LogP contribution in [0.1, 0.15) is 19.8 Å². The number of aromatic nitrogens is 1. The molecular formula is C13H15FN2OS. The highest BCUT2D eigenvalue weighted by atomic mass is 32.1. The van der Waals surface area contributed by atoms with Gasteiger partial charge in [-0.05, 0) is 31.9 Å². The highest BCUT2D eigenvalue weighted by Crippen LogP contribution is 2.29. The molecule has 0 spiro atoms. The number of halogens is 1. The number of rotatable bonds is 3. The number of fused-ring (bicyclic) bond motifs is 1. The van der Waals surface area contributed by atoms with Gasteiger partial charge in [-0.3, -0.25) is 0 Å². The Morgan fingerprint density at radius 1 is 1.56 bits per heavy atom. The Kier molecular flexibility index (Phi) is 2.95. The third-order valence-electron chi connectivity index (χ3n) is 3.26. The predicted molar refractivity (Wildman–Crippen MR) is 71.7 cm³/mol. The quantitative estimate of drug-likeness (QED) is 0.924. The average molecular weight is 266 g/mol. The van der Waals surface area contributed by atoms with Crippen LogP contribution in [0.5, 0.6) is 0 Å². The number of thiazole rings is 1. The summed E-state index contributed by atoms with van der Waals surface area (Å²) in [4.78, 5) is 4.38. The molecule has 18 heavy (non-hydrogen) atoms. The van der Waals surface area contributed by atoms with Crippen molar-refractivity contribution in [2.24, 2.45) is 0 Å². The molecule has 0 saturated carbocycles. The first-order chi connectivity index (χ1) is 8.65. The van der Waals surface area contributed by atoms with E-state index < -0.39 is 0 Å².